The van der Waals surface area contributed by atoms with Crippen LogP contribution in [0.2, 0.25) is 0 Å². The number of allylic oxidation sites excluding steroid dienone is 1. The molecule has 3 aliphatic rings. The van der Waals surface area contributed by atoms with Crippen molar-refractivity contribution in [3.8, 4) is 0 Å². The lowest BCUT2D eigenvalue weighted by molar-refractivity contribution is 0.0535. The van der Waals surface area contributed by atoms with Crippen LogP contribution >= 0.6 is 12.4 Å². The van der Waals surface area contributed by atoms with Gasteiger partial charge in [0.15, 0.2) is 0 Å². The number of halogens is 1. The number of hydrogen-bond acceptors (Lipinski definition) is 6. The lowest BCUT2D eigenvalue weighted by Crippen LogP contribution is -2.49. The minimum Gasteiger partial charge on any atom is -0.457 e. The van der Waals surface area contributed by atoms with E-state index in [4.69, 9.17) is 4.74 Å². The first-order chi connectivity index (χ1) is 15.7. The second kappa shape index (κ2) is 8.65. The number of rotatable bonds is 3. The van der Waals surface area contributed by atoms with Crippen LogP contribution < -0.4 is 10.5 Å². The van der Waals surface area contributed by atoms with Crippen LogP contribution in [0.3, 0.4) is 0 Å². The van der Waals surface area contributed by atoms with Gasteiger partial charge < -0.3 is 14.6 Å². The van der Waals surface area contributed by atoms with Crippen molar-refractivity contribution in [3.05, 3.63) is 75.8 Å². The minimum atomic E-state index is -0.219. The van der Waals surface area contributed by atoms with Crippen molar-refractivity contribution in [3.63, 3.8) is 0 Å². The molecule has 3 aromatic rings. The second-order valence-electron chi connectivity index (χ2n) is 8.69. The molecular weight excluding hydrogens is 440 g/mol. The van der Waals surface area contributed by atoms with Gasteiger partial charge in [0, 0.05) is 55.4 Å². The Morgan fingerprint density at radius 3 is 2.76 bits per heavy atom. The van der Waals surface area contributed by atoms with Crippen molar-refractivity contribution in [2.75, 3.05) is 31.1 Å². The summed E-state index contributed by atoms with van der Waals surface area (Å²) in [6.45, 7) is 4.24. The van der Waals surface area contributed by atoms with Crippen LogP contribution in [0.1, 0.15) is 34.5 Å². The molecular formula is C25H25ClN4O3. The zero-order valence-electron chi connectivity index (χ0n) is 18.1. The Kier molecular flexibility index (Phi) is 5.68. The zero-order valence-corrected chi connectivity index (χ0v) is 18.9. The molecule has 0 saturated carbocycles. The SMILES string of the molecule is Cl.O=C1OCc2cc(N3CCN([C@H]4C=C(c5cc6ncccc6c(=O)[nH]5)CC4)CC3)ccc21. The number of pyridine rings is 2. The highest BCUT2D eigenvalue weighted by Crippen LogP contribution is 2.31. The number of H-pyrrole nitrogens is 1. The maximum atomic E-state index is 12.4. The first kappa shape index (κ1) is 21.7. The van der Waals surface area contributed by atoms with E-state index in [9.17, 15) is 9.59 Å². The number of carbonyl (C=O) groups excluding carboxylic acids is 1. The summed E-state index contributed by atoms with van der Waals surface area (Å²) in [5.74, 6) is -0.219. The summed E-state index contributed by atoms with van der Waals surface area (Å²) in [5.41, 5.74) is 5.58. The number of nitrogens with zero attached hydrogens (tertiary/aromatic N) is 3. The molecule has 1 aromatic carbocycles. The summed E-state index contributed by atoms with van der Waals surface area (Å²) in [4.78, 5) is 36.4. The van der Waals surface area contributed by atoms with E-state index in [1.165, 1.54) is 5.57 Å². The van der Waals surface area contributed by atoms with E-state index < -0.39 is 0 Å². The number of aromatic amines is 1. The molecule has 0 unspecified atom stereocenters. The second-order valence-corrected chi connectivity index (χ2v) is 8.69. The molecule has 1 saturated heterocycles. The number of fused-ring (bicyclic) bond motifs is 2. The average Bonchev–Trinajstić information content (AvgIpc) is 3.46. The topological polar surface area (TPSA) is 78.5 Å². The van der Waals surface area contributed by atoms with Gasteiger partial charge in [-0.1, -0.05) is 6.08 Å². The van der Waals surface area contributed by atoms with Crippen molar-refractivity contribution in [2.24, 2.45) is 0 Å². The summed E-state index contributed by atoms with van der Waals surface area (Å²) in [5, 5.41) is 0.630. The Bertz CT molecular complexity index is 1310. The molecule has 1 fully saturated rings. The normalized spacial score (nSPS) is 20.4. The van der Waals surface area contributed by atoms with Crippen LogP contribution in [0.15, 0.2) is 53.5 Å². The Morgan fingerprint density at radius 1 is 1.06 bits per heavy atom. The maximum absolute atomic E-state index is 12.4. The van der Waals surface area contributed by atoms with Crippen molar-refractivity contribution in [1.29, 1.82) is 0 Å². The third-order valence-electron chi connectivity index (χ3n) is 6.88. The minimum absolute atomic E-state index is 0. The Morgan fingerprint density at radius 2 is 1.91 bits per heavy atom. The molecule has 0 radical (unpaired) electrons. The number of esters is 1. The zero-order chi connectivity index (χ0) is 21.7. The molecule has 7 nitrogen and oxygen atoms in total. The van der Waals surface area contributed by atoms with E-state index in [0.29, 0.717) is 23.6 Å². The number of benzene rings is 1. The van der Waals surface area contributed by atoms with Gasteiger partial charge in [-0.25, -0.2) is 4.79 Å². The highest BCUT2D eigenvalue weighted by atomic mass is 35.5. The fraction of sp³-hybridized carbons (Fsp3) is 0.320. The van der Waals surface area contributed by atoms with Gasteiger partial charge in [-0.15, -0.1) is 12.4 Å². The molecule has 1 N–H and O–H groups in total. The highest BCUT2D eigenvalue weighted by Gasteiger charge is 2.28. The standard InChI is InChI=1S/C25H24N4O3.ClH/c30-24-21-2-1-7-26-23(21)14-22(27-24)16-3-4-18(12-16)28-8-10-29(11-9-28)19-5-6-20-17(13-19)15-32-25(20)31;/h1-2,5-7,12-14,18H,3-4,8-11,15H2,(H,27,30);1H/t18-;/m1./s1. The largest absolute Gasteiger partial charge is 0.457 e. The van der Waals surface area contributed by atoms with Gasteiger partial charge in [0.2, 0.25) is 0 Å². The van der Waals surface area contributed by atoms with Crippen LogP contribution in [0.5, 0.6) is 0 Å². The van der Waals surface area contributed by atoms with E-state index >= 15 is 0 Å². The van der Waals surface area contributed by atoms with Crippen molar-refractivity contribution in [1.82, 2.24) is 14.9 Å². The van der Waals surface area contributed by atoms with Gasteiger partial charge in [-0.3, -0.25) is 14.7 Å². The molecule has 0 spiro atoms. The summed E-state index contributed by atoms with van der Waals surface area (Å²) in [6, 6.07) is 12.0. The number of cyclic esters (lactones) is 1. The number of piperazine rings is 1. The summed E-state index contributed by atoms with van der Waals surface area (Å²) in [6.07, 6.45) is 6.06. The van der Waals surface area contributed by atoms with Crippen molar-refractivity contribution < 1.29 is 9.53 Å². The summed E-state index contributed by atoms with van der Waals surface area (Å²) >= 11 is 0. The predicted molar refractivity (Wildman–Crippen MR) is 130 cm³/mol. The summed E-state index contributed by atoms with van der Waals surface area (Å²) < 4.78 is 5.13. The predicted octanol–water partition coefficient (Wildman–Crippen LogP) is 3.38. The first-order valence-corrected chi connectivity index (χ1v) is 11.1. The first-order valence-electron chi connectivity index (χ1n) is 11.1. The Labute approximate surface area is 197 Å². The van der Waals surface area contributed by atoms with Crippen molar-refractivity contribution >= 4 is 40.5 Å². The maximum Gasteiger partial charge on any atom is 0.338 e. The van der Waals surface area contributed by atoms with Crippen LogP contribution in [-0.4, -0.2) is 53.1 Å². The molecule has 2 aliphatic heterocycles. The van der Waals surface area contributed by atoms with Gasteiger partial charge in [-0.05, 0) is 54.8 Å². The molecule has 2 aromatic heterocycles. The Hall–Kier alpha value is -3.16. The number of ether oxygens (including phenoxy) is 1. The van der Waals surface area contributed by atoms with Gasteiger partial charge in [0.05, 0.1) is 16.5 Å². The third-order valence-corrected chi connectivity index (χ3v) is 6.88. The molecule has 33 heavy (non-hydrogen) atoms. The fourth-order valence-corrected chi connectivity index (χ4v) is 5.10. The number of aromatic nitrogens is 2. The van der Waals surface area contributed by atoms with E-state index in [2.05, 4.69) is 31.9 Å². The molecule has 6 rings (SSSR count). The monoisotopic (exact) mass is 464 g/mol. The number of carbonyl (C=O) groups is 1. The van der Waals surface area contributed by atoms with E-state index in [1.54, 1.807) is 12.3 Å². The molecule has 170 valence electrons. The lowest BCUT2D eigenvalue weighted by atomic mass is 10.1. The van der Waals surface area contributed by atoms with Crippen LogP contribution in [-0.2, 0) is 11.3 Å². The molecule has 1 aliphatic carbocycles. The average molecular weight is 465 g/mol. The fourth-order valence-electron chi connectivity index (χ4n) is 5.10. The lowest BCUT2D eigenvalue weighted by Gasteiger charge is -2.38. The van der Waals surface area contributed by atoms with Crippen LogP contribution in [0.25, 0.3) is 16.5 Å². The van der Waals surface area contributed by atoms with E-state index in [0.717, 1.165) is 61.5 Å². The molecule has 0 amide bonds. The van der Waals surface area contributed by atoms with Crippen LogP contribution in [0, 0.1) is 0 Å². The summed E-state index contributed by atoms with van der Waals surface area (Å²) in [7, 11) is 0. The van der Waals surface area contributed by atoms with E-state index in [-0.39, 0.29) is 23.9 Å². The molecule has 1 atom stereocenters. The van der Waals surface area contributed by atoms with Crippen LogP contribution in [0.4, 0.5) is 5.69 Å². The highest BCUT2D eigenvalue weighted by molar-refractivity contribution is 5.94. The van der Waals surface area contributed by atoms with Crippen molar-refractivity contribution in [2.45, 2.75) is 25.5 Å². The smallest absolute Gasteiger partial charge is 0.338 e. The molecule has 4 heterocycles. The van der Waals surface area contributed by atoms with Gasteiger partial charge in [0.25, 0.3) is 5.56 Å². The Balaban J connectivity index is 0.00000228. The quantitative estimate of drug-likeness (QED) is 0.599. The van der Waals surface area contributed by atoms with Gasteiger partial charge >= 0.3 is 5.97 Å². The molecule has 8 heteroatoms. The third kappa shape index (κ3) is 3.92. The number of hydrogen-bond donors (Lipinski definition) is 1. The van der Waals surface area contributed by atoms with E-state index in [1.807, 2.05) is 24.3 Å². The number of anilines is 1. The van der Waals surface area contributed by atoms with Gasteiger partial charge in [-0.2, -0.15) is 0 Å². The number of nitrogens with one attached hydrogen (secondary N) is 1. The molecule has 0 bridgehead atoms. The van der Waals surface area contributed by atoms with Gasteiger partial charge in [0.1, 0.15) is 6.61 Å².